The van der Waals surface area contributed by atoms with E-state index in [1.165, 1.54) is 44.1 Å². The molecule has 12 aromatic rings. The summed E-state index contributed by atoms with van der Waals surface area (Å²) >= 11 is 2.92. The number of aryl methyl sites for hydroxylation is 1. The Labute approximate surface area is 613 Å². The number of thiophene rings is 2. The van der Waals surface area contributed by atoms with E-state index < -0.39 is 44.4 Å². The molecule has 0 atom stereocenters. The predicted octanol–water partition coefficient (Wildman–Crippen LogP) is 12.0. The van der Waals surface area contributed by atoms with Crippen molar-refractivity contribution in [3.05, 3.63) is 270 Å². The number of piperazine rings is 3. The summed E-state index contributed by atoms with van der Waals surface area (Å²) in [5.41, 5.74) is 3.95. The van der Waals surface area contributed by atoms with Crippen molar-refractivity contribution in [1.29, 1.82) is 0 Å². The van der Waals surface area contributed by atoms with Crippen molar-refractivity contribution in [2.75, 3.05) is 99.8 Å². The average molecular weight is 1470 g/mol. The number of amides is 3. The van der Waals surface area contributed by atoms with Crippen LogP contribution < -0.4 is 31.4 Å². The van der Waals surface area contributed by atoms with Crippen molar-refractivity contribution in [3.63, 3.8) is 0 Å². The molecule has 3 aliphatic heterocycles. The number of nitro groups is 2. The minimum Gasteiger partial charge on any atom is -0.462 e. The Balaban J connectivity index is 0.000000142. The molecule has 0 radical (unpaired) electrons. The average Bonchev–Trinajstić information content (AvgIpc) is 1.33. The van der Waals surface area contributed by atoms with Gasteiger partial charge in [0.2, 0.25) is 0 Å². The van der Waals surface area contributed by atoms with Crippen LogP contribution in [0.4, 0.5) is 28.6 Å². The summed E-state index contributed by atoms with van der Waals surface area (Å²) in [5, 5.41) is 33.1. The van der Waals surface area contributed by atoms with Gasteiger partial charge in [0.05, 0.1) is 69.8 Å². The third-order valence-corrected chi connectivity index (χ3v) is 20.7. The summed E-state index contributed by atoms with van der Waals surface area (Å²) in [6.45, 7) is 9.24. The highest BCUT2D eigenvalue weighted by Gasteiger charge is 2.36. The standard InChI is InChI=1S/C32H29N3O5.C23H24N4O6.C23H20N4O4S2/c1-2-39-32(38)28-29(33-15-17-34(18-16-33)30(36)27-12-7-19-40-27)25-10-5-6-11-26(25)35(31(28)37)21-22-13-14-23-8-3-4-9-24(23)20-22;1-3-6-17(28)20-21(15-7-4-5-8-16(15)24(2)23(20)30)25-11-13-26(14-12-25)22(29)18-9-10-19(33-18)27(31)32;28-22(19-6-3-12-33-19)25-10-8-24(9-11-25)20-17-4-1-2-5-18(17)26(14-16-7-13-32-15-16)23(29)21(20)27(30)31/h3-14,19-20H,2,15-18,21H2,1H3;4-5,7-10H,3,6,11-14H2,1-2H3;1-7,12-13,15H,8-11,14H2. The zero-order valence-corrected chi connectivity index (χ0v) is 59.8. The number of rotatable bonds is 17. The molecule has 0 unspecified atom stereocenters. The lowest BCUT2D eigenvalue weighted by Crippen LogP contribution is -2.49. The van der Waals surface area contributed by atoms with Gasteiger partial charge in [-0.2, -0.15) is 11.3 Å². The van der Waals surface area contributed by atoms with Crippen LogP contribution in [0.5, 0.6) is 0 Å². The first kappa shape index (κ1) is 72.1. The monoisotopic (exact) mass is 1470 g/mol. The van der Waals surface area contributed by atoms with Crippen LogP contribution in [-0.4, -0.2) is 153 Å². The fraction of sp³-hybridized carbons (Fsp3) is 0.256. The SMILES string of the molecule is CCCC(=O)c1c(N2CCN(C(=O)c3ccc([N+](=O)[O-])o3)CC2)c2ccccc2n(C)c1=O.CCOC(=O)c1c(N2CCN(C(=O)c3ccco3)CC2)c2ccccc2n(Cc2ccc3ccccc3c2)c1=O.O=C(c1cccs1)N1CCN(c2c([N+](=O)[O-])c(=O)n(Cc3ccsc3)c3ccccc23)CC1. The number of hydrogen-bond acceptors (Lipinski definition) is 20. The van der Waals surface area contributed by atoms with Gasteiger partial charge >= 0.3 is 23.1 Å². The lowest BCUT2D eigenvalue weighted by Gasteiger charge is -2.37. The van der Waals surface area contributed by atoms with E-state index in [-0.39, 0.29) is 59.6 Å². The molecule has 15 rings (SSSR count). The Morgan fingerprint density at radius 3 is 1.61 bits per heavy atom. The number of benzene rings is 5. The topological polar surface area (TPSA) is 293 Å². The molecule has 5 aromatic carbocycles. The third-order valence-electron chi connectivity index (χ3n) is 19.1. The maximum absolute atomic E-state index is 14.1. The van der Waals surface area contributed by atoms with Crippen molar-refractivity contribution in [3.8, 4) is 0 Å². The highest BCUT2D eigenvalue weighted by Crippen LogP contribution is 2.37. The summed E-state index contributed by atoms with van der Waals surface area (Å²) in [4.78, 5) is 138. The molecule has 3 aliphatic rings. The highest BCUT2D eigenvalue weighted by molar-refractivity contribution is 7.12. The summed E-state index contributed by atoms with van der Waals surface area (Å²) in [6.07, 6.45) is 2.39. The number of ether oxygens (including phenoxy) is 1. The zero-order chi connectivity index (χ0) is 74.3. The van der Waals surface area contributed by atoms with Gasteiger partial charge in [0.15, 0.2) is 17.3 Å². The smallest absolute Gasteiger partial charge is 0.433 e. The Bertz CT molecular complexity index is 5510. The summed E-state index contributed by atoms with van der Waals surface area (Å²) in [6, 6.07) is 48.0. The van der Waals surface area contributed by atoms with E-state index in [2.05, 4.69) is 12.1 Å². The molecule has 0 aliphatic carbocycles. The highest BCUT2D eigenvalue weighted by atomic mass is 32.1. The van der Waals surface area contributed by atoms with Crippen molar-refractivity contribution >= 4 is 124 Å². The quantitative estimate of drug-likeness (QED) is 0.0354. The van der Waals surface area contributed by atoms with Crippen LogP contribution >= 0.6 is 22.7 Å². The normalized spacial score (nSPS) is 13.9. The number of esters is 1. The maximum atomic E-state index is 14.1. The van der Waals surface area contributed by atoms with Crippen LogP contribution in [0.15, 0.2) is 203 Å². The Kier molecular flexibility index (Phi) is 21.6. The molecule has 3 saturated heterocycles. The number of nitrogens with zero attached hydrogens (tertiary/aromatic N) is 11. The molecular formula is C78H73N11O15S2. The lowest BCUT2D eigenvalue weighted by molar-refractivity contribution is -0.402. The minimum absolute atomic E-state index is 0.0205. The van der Waals surface area contributed by atoms with Gasteiger partial charge in [-0.05, 0) is 106 Å². The largest absolute Gasteiger partial charge is 0.462 e. The van der Waals surface area contributed by atoms with Crippen LogP contribution in [0.2, 0.25) is 0 Å². The minimum atomic E-state index is -0.690. The third kappa shape index (κ3) is 14.7. The molecule has 0 spiro atoms. The number of carbonyl (C=O) groups excluding carboxylic acids is 5. The van der Waals surface area contributed by atoms with Crippen molar-refractivity contribution < 1.29 is 47.4 Å². The molecule has 0 N–H and O–H groups in total. The van der Waals surface area contributed by atoms with E-state index in [0.29, 0.717) is 130 Å². The van der Waals surface area contributed by atoms with E-state index in [9.17, 15) is 58.6 Å². The molecule has 3 amide bonds. The van der Waals surface area contributed by atoms with Crippen molar-refractivity contribution in [2.45, 2.75) is 39.8 Å². The second kappa shape index (κ2) is 31.7. The predicted molar refractivity (Wildman–Crippen MR) is 407 cm³/mol. The Morgan fingerprint density at radius 1 is 0.509 bits per heavy atom. The van der Waals surface area contributed by atoms with Gasteiger partial charge in [-0.1, -0.05) is 104 Å². The lowest BCUT2D eigenvalue weighted by atomic mass is 10.0. The van der Waals surface area contributed by atoms with Crippen molar-refractivity contribution in [1.82, 2.24) is 28.4 Å². The van der Waals surface area contributed by atoms with Crippen LogP contribution in [0.25, 0.3) is 43.5 Å². The van der Waals surface area contributed by atoms with Gasteiger partial charge in [-0.15, -0.1) is 11.3 Å². The molecule has 10 heterocycles. The van der Waals surface area contributed by atoms with E-state index in [1.54, 1.807) is 51.4 Å². The number of anilines is 3. The number of carbonyl (C=O) groups is 5. The second-order valence-corrected chi connectivity index (χ2v) is 27.2. The summed E-state index contributed by atoms with van der Waals surface area (Å²) in [5.74, 6) is -1.76. The van der Waals surface area contributed by atoms with E-state index in [4.69, 9.17) is 13.6 Å². The Morgan fingerprint density at radius 2 is 1.06 bits per heavy atom. The Hall–Kier alpha value is -12.3. The number of furan rings is 2. The molecule has 0 bridgehead atoms. The maximum Gasteiger partial charge on any atom is 0.433 e. The zero-order valence-electron chi connectivity index (χ0n) is 58.2. The molecule has 3 fully saturated rings. The van der Waals surface area contributed by atoms with Crippen LogP contribution in [0.1, 0.15) is 89.3 Å². The van der Waals surface area contributed by atoms with Gasteiger partial charge in [-0.3, -0.25) is 58.4 Å². The first-order valence-electron chi connectivity index (χ1n) is 34.6. The van der Waals surface area contributed by atoms with Gasteiger partial charge in [0.25, 0.3) is 28.8 Å². The van der Waals surface area contributed by atoms with E-state index >= 15 is 0 Å². The van der Waals surface area contributed by atoms with E-state index in [1.807, 2.05) is 153 Å². The molecule has 0 saturated carbocycles. The molecule has 542 valence electrons. The first-order valence-corrected chi connectivity index (χ1v) is 36.4. The number of pyridine rings is 3. The second-order valence-electron chi connectivity index (χ2n) is 25.5. The number of aromatic nitrogens is 3. The van der Waals surface area contributed by atoms with Crippen LogP contribution in [0.3, 0.4) is 0 Å². The van der Waals surface area contributed by atoms with Gasteiger partial charge < -0.3 is 52.1 Å². The van der Waals surface area contributed by atoms with Crippen molar-refractivity contribution in [2.24, 2.45) is 7.05 Å². The molecule has 106 heavy (non-hydrogen) atoms. The number of para-hydroxylation sites is 3. The van der Waals surface area contributed by atoms with Gasteiger partial charge in [0, 0.05) is 108 Å². The number of fused-ring (bicyclic) bond motifs is 4. The van der Waals surface area contributed by atoms with Gasteiger partial charge in [0.1, 0.15) is 21.7 Å². The molecule has 28 heteroatoms. The number of Topliss-reactive ketones (excluding diaryl/α,β-unsaturated/α-hetero) is 1. The van der Waals surface area contributed by atoms with E-state index in [0.717, 1.165) is 49.8 Å². The number of ketones is 1. The molecule has 7 aromatic heterocycles. The first-order chi connectivity index (χ1) is 51.4. The molecule has 26 nitrogen and oxygen atoms in total. The molecular weight excluding hydrogens is 1400 g/mol. The number of hydrogen-bond donors (Lipinski definition) is 0. The van der Waals surface area contributed by atoms with Crippen LogP contribution in [-0.2, 0) is 24.9 Å². The summed E-state index contributed by atoms with van der Waals surface area (Å²) in [7, 11) is 1.66. The fourth-order valence-electron chi connectivity index (χ4n) is 14.0. The van der Waals surface area contributed by atoms with Crippen LogP contribution in [0, 0.1) is 20.2 Å². The fourth-order valence-corrected chi connectivity index (χ4v) is 15.3. The van der Waals surface area contributed by atoms with Gasteiger partial charge in [-0.25, -0.2) is 4.79 Å². The summed E-state index contributed by atoms with van der Waals surface area (Å²) < 4.78 is 20.4.